The number of H-pyrrole nitrogens is 1. The van der Waals surface area contributed by atoms with Crippen LogP contribution in [0.5, 0.6) is 0 Å². The van der Waals surface area contributed by atoms with Gasteiger partial charge in [-0.1, -0.05) is 25.6 Å². The van der Waals surface area contributed by atoms with E-state index in [1.54, 1.807) is 4.68 Å². The number of aromatic amines is 1. The van der Waals surface area contributed by atoms with Gasteiger partial charge in [0, 0.05) is 6.54 Å². The van der Waals surface area contributed by atoms with Crippen molar-refractivity contribution in [1.82, 2.24) is 30.2 Å². The van der Waals surface area contributed by atoms with Crippen LogP contribution in [-0.2, 0) is 12.3 Å². The number of aromatic nitrogens is 6. The first kappa shape index (κ1) is 14.2. The van der Waals surface area contributed by atoms with E-state index >= 15 is 0 Å². The first-order chi connectivity index (χ1) is 10.1. The highest BCUT2D eigenvalue weighted by Gasteiger charge is 2.10. The molecule has 0 unspecified atom stereocenters. The minimum Gasteiger partial charge on any atom is -0.309 e. The highest BCUT2D eigenvalue weighted by Crippen LogP contribution is 2.20. The number of thiophene rings is 1. The molecule has 0 spiro atoms. The molecule has 21 heavy (non-hydrogen) atoms. The van der Waals surface area contributed by atoms with Gasteiger partial charge in [-0.25, -0.2) is 9.67 Å². The van der Waals surface area contributed by atoms with E-state index in [0.29, 0.717) is 22.2 Å². The van der Waals surface area contributed by atoms with Gasteiger partial charge < -0.3 is 4.98 Å². The Morgan fingerprint density at radius 1 is 1.48 bits per heavy atom. The van der Waals surface area contributed by atoms with Gasteiger partial charge in [0.25, 0.3) is 5.56 Å². The van der Waals surface area contributed by atoms with Crippen molar-refractivity contribution < 1.29 is 0 Å². The summed E-state index contributed by atoms with van der Waals surface area (Å²) >= 11 is 2.86. The largest absolute Gasteiger partial charge is 0.309 e. The second-order valence-corrected chi connectivity index (χ2v) is 6.83. The Morgan fingerprint density at radius 3 is 3.14 bits per heavy atom. The van der Waals surface area contributed by atoms with E-state index < -0.39 is 0 Å². The molecule has 0 amide bonds. The van der Waals surface area contributed by atoms with Crippen molar-refractivity contribution in [2.75, 3.05) is 0 Å². The molecular weight excluding hydrogens is 308 g/mol. The van der Waals surface area contributed by atoms with Crippen molar-refractivity contribution in [3.8, 4) is 0 Å². The fourth-order valence-corrected chi connectivity index (χ4v) is 3.37. The highest BCUT2D eigenvalue weighted by molar-refractivity contribution is 7.98. The lowest BCUT2D eigenvalue weighted by molar-refractivity contribution is 0.445. The fourth-order valence-electron chi connectivity index (χ4n) is 1.88. The van der Waals surface area contributed by atoms with Crippen LogP contribution in [0.15, 0.2) is 21.4 Å². The maximum absolute atomic E-state index is 11.9. The molecule has 0 bridgehead atoms. The first-order valence-electron chi connectivity index (χ1n) is 6.49. The summed E-state index contributed by atoms with van der Waals surface area (Å²) in [5.41, 5.74) is 0.647. The van der Waals surface area contributed by atoms with Crippen molar-refractivity contribution in [2.45, 2.75) is 31.3 Å². The number of nitrogens with one attached hydrogen (secondary N) is 1. The van der Waals surface area contributed by atoms with Crippen LogP contribution >= 0.6 is 23.1 Å². The Kier molecular flexibility index (Phi) is 4.02. The lowest BCUT2D eigenvalue weighted by atomic mass is 10.2. The van der Waals surface area contributed by atoms with Crippen molar-refractivity contribution in [3.63, 3.8) is 0 Å². The molecule has 110 valence electrons. The molecule has 1 N–H and O–H groups in total. The number of hydrogen-bond acceptors (Lipinski definition) is 7. The zero-order valence-corrected chi connectivity index (χ0v) is 13.2. The topological polar surface area (TPSA) is 89.3 Å². The minimum atomic E-state index is -0.0904. The molecule has 0 saturated heterocycles. The predicted molar refractivity (Wildman–Crippen MR) is 82.5 cm³/mol. The fraction of sp³-hybridized carbons (Fsp3) is 0.417. The summed E-state index contributed by atoms with van der Waals surface area (Å²) < 4.78 is 2.43. The molecule has 0 radical (unpaired) electrons. The minimum absolute atomic E-state index is 0.0904. The van der Waals surface area contributed by atoms with E-state index in [9.17, 15) is 4.79 Å². The number of nitrogens with zero attached hydrogens (tertiary/aromatic N) is 5. The standard InChI is InChI=1S/C12H14N6OS2/c1-7(2)5-18-12(15-16-17-18)21-6-9-13-8-3-4-20-10(8)11(19)14-9/h3-4,7H,5-6H2,1-2H3,(H,13,14,19). The Balaban J connectivity index is 1.77. The Labute approximate surface area is 128 Å². The number of fused-ring (bicyclic) bond motifs is 1. The van der Waals surface area contributed by atoms with Gasteiger partial charge in [0.05, 0.1) is 11.3 Å². The van der Waals surface area contributed by atoms with Crippen molar-refractivity contribution in [2.24, 2.45) is 5.92 Å². The third-order valence-electron chi connectivity index (χ3n) is 2.74. The molecule has 3 heterocycles. The summed E-state index contributed by atoms with van der Waals surface area (Å²) in [6.45, 7) is 4.99. The molecule has 0 aliphatic heterocycles. The molecule has 0 aromatic carbocycles. The average Bonchev–Trinajstić information content (AvgIpc) is 3.05. The predicted octanol–water partition coefficient (Wildman–Crippen LogP) is 1.92. The number of thioether (sulfide) groups is 1. The van der Waals surface area contributed by atoms with E-state index in [1.165, 1.54) is 23.1 Å². The van der Waals surface area contributed by atoms with E-state index in [-0.39, 0.29) is 5.56 Å². The number of tetrazole rings is 1. The maximum atomic E-state index is 11.9. The first-order valence-corrected chi connectivity index (χ1v) is 8.35. The maximum Gasteiger partial charge on any atom is 0.268 e. The molecule has 3 rings (SSSR count). The smallest absolute Gasteiger partial charge is 0.268 e. The number of hydrogen-bond donors (Lipinski definition) is 1. The molecule has 9 heteroatoms. The second kappa shape index (κ2) is 5.94. The molecule has 3 aromatic rings. The quantitative estimate of drug-likeness (QED) is 0.722. The van der Waals surface area contributed by atoms with Crippen LogP contribution in [0.25, 0.3) is 10.2 Å². The molecule has 0 fully saturated rings. The monoisotopic (exact) mass is 322 g/mol. The summed E-state index contributed by atoms with van der Waals surface area (Å²) in [7, 11) is 0. The third-order valence-corrected chi connectivity index (χ3v) is 4.61. The molecule has 0 aliphatic rings. The van der Waals surface area contributed by atoms with Crippen molar-refractivity contribution >= 4 is 33.3 Å². The Morgan fingerprint density at radius 2 is 2.33 bits per heavy atom. The molecule has 0 atom stereocenters. The van der Waals surface area contributed by atoms with Gasteiger partial charge in [0.15, 0.2) is 0 Å². The Bertz CT molecular complexity index is 805. The molecular formula is C12H14N6OS2. The molecule has 3 aromatic heterocycles. The van der Waals surface area contributed by atoms with Gasteiger partial charge in [0.1, 0.15) is 10.5 Å². The summed E-state index contributed by atoms with van der Waals surface area (Å²) in [6.07, 6.45) is 0. The van der Waals surface area contributed by atoms with E-state index in [1.807, 2.05) is 11.4 Å². The van der Waals surface area contributed by atoms with Crippen LogP contribution in [0.1, 0.15) is 19.7 Å². The summed E-state index contributed by atoms with van der Waals surface area (Å²) in [6, 6.07) is 1.85. The van der Waals surface area contributed by atoms with E-state index in [2.05, 4.69) is 39.3 Å². The zero-order chi connectivity index (χ0) is 14.8. The van der Waals surface area contributed by atoms with Crippen LogP contribution in [0.2, 0.25) is 0 Å². The molecule has 7 nitrogen and oxygen atoms in total. The van der Waals surface area contributed by atoms with Gasteiger partial charge in [-0.05, 0) is 27.8 Å². The summed E-state index contributed by atoms with van der Waals surface area (Å²) in [5.74, 6) is 1.63. The zero-order valence-electron chi connectivity index (χ0n) is 11.6. The van der Waals surface area contributed by atoms with Crippen molar-refractivity contribution in [3.05, 3.63) is 27.6 Å². The van der Waals surface area contributed by atoms with Crippen LogP contribution in [0.3, 0.4) is 0 Å². The second-order valence-electron chi connectivity index (χ2n) is 4.97. The van der Waals surface area contributed by atoms with Gasteiger partial charge in [-0.15, -0.1) is 16.4 Å². The van der Waals surface area contributed by atoms with Crippen LogP contribution in [0, 0.1) is 5.92 Å². The van der Waals surface area contributed by atoms with Crippen molar-refractivity contribution in [1.29, 1.82) is 0 Å². The van der Waals surface area contributed by atoms with Crippen LogP contribution < -0.4 is 5.56 Å². The van der Waals surface area contributed by atoms with Gasteiger partial charge in [0.2, 0.25) is 5.16 Å². The summed E-state index contributed by atoms with van der Waals surface area (Å²) in [5, 5.41) is 14.3. The lowest BCUT2D eigenvalue weighted by Crippen LogP contribution is -2.10. The SMILES string of the molecule is CC(C)Cn1nnnc1SCc1nc2ccsc2c(=O)[nH]1. The average molecular weight is 322 g/mol. The summed E-state index contributed by atoms with van der Waals surface area (Å²) in [4.78, 5) is 19.1. The van der Waals surface area contributed by atoms with Gasteiger partial charge in [-0.3, -0.25) is 4.79 Å². The van der Waals surface area contributed by atoms with E-state index in [0.717, 1.165) is 17.2 Å². The normalized spacial score (nSPS) is 11.6. The third kappa shape index (κ3) is 3.13. The van der Waals surface area contributed by atoms with Crippen LogP contribution in [-0.4, -0.2) is 30.2 Å². The van der Waals surface area contributed by atoms with Gasteiger partial charge >= 0.3 is 0 Å². The number of rotatable bonds is 5. The van der Waals surface area contributed by atoms with E-state index in [4.69, 9.17) is 0 Å². The molecule has 0 aliphatic carbocycles. The molecule has 0 saturated carbocycles. The lowest BCUT2D eigenvalue weighted by Gasteiger charge is -2.06. The van der Waals surface area contributed by atoms with Gasteiger partial charge in [-0.2, -0.15) is 0 Å². The van der Waals surface area contributed by atoms with Crippen LogP contribution in [0.4, 0.5) is 0 Å². The Hall–Kier alpha value is -1.74. The highest BCUT2D eigenvalue weighted by atomic mass is 32.2.